The van der Waals surface area contributed by atoms with Crippen LogP contribution in [0, 0.1) is 0 Å². The van der Waals surface area contributed by atoms with Crippen LogP contribution in [0.25, 0.3) is 10.2 Å². The lowest BCUT2D eigenvalue weighted by Crippen LogP contribution is -2.14. The predicted molar refractivity (Wildman–Crippen MR) is 89.3 cm³/mol. The molecule has 116 valence electrons. The summed E-state index contributed by atoms with van der Waals surface area (Å²) in [6.45, 7) is 0. The average molecular weight is 354 g/mol. The van der Waals surface area contributed by atoms with Crippen molar-refractivity contribution in [2.24, 2.45) is 11.5 Å². The summed E-state index contributed by atoms with van der Waals surface area (Å²) in [5, 5.41) is 2.33. The van der Waals surface area contributed by atoms with E-state index >= 15 is 0 Å². The third kappa shape index (κ3) is 3.21. The summed E-state index contributed by atoms with van der Waals surface area (Å²) >= 11 is 4.21. The SMILES string of the molecule is NC(=O)CSc1nc(SCC(N)=O)c2c3c(sc2n1)CCC3. The molecule has 6 nitrogen and oxygen atoms in total. The van der Waals surface area contributed by atoms with Crippen LogP contribution >= 0.6 is 34.9 Å². The molecule has 9 heteroatoms. The second-order valence-electron chi connectivity index (χ2n) is 4.86. The molecule has 3 rings (SSSR count). The van der Waals surface area contributed by atoms with Crippen LogP contribution in [0.5, 0.6) is 0 Å². The van der Waals surface area contributed by atoms with Gasteiger partial charge in [0.05, 0.1) is 11.5 Å². The van der Waals surface area contributed by atoms with Crippen molar-refractivity contribution in [3.05, 3.63) is 10.4 Å². The molecule has 4 N–H and O–H groups in total. The highest BCUT2D eigenvalue weighted by Crippen LogP contribution is 2.41. The van der Waals surface area contributed by atoms with E-state index in [-0.39, 0.29) is 17.4 Å². The van der Waals surface area contributed by atoms with Gasteiger partial charge < -0.3 is 11.5 Å². The first-order valence-electron chi connectivity index (χ1n) is 6.69. The molecule has 0 spiro atoms. The zero-order valence-corrected chi connectivity index (χ0v) is 14.1. The van der Waals surface area contributed by atoms with Gasteiger partial charge in [0.15, 0.2) is 5.16 Å². The molecule has 0 aromatic carbocycles. The Balaban J connectivity index is 2.01. The number of primary amides is 2. The first kappa shape index (κ1) is 15.6. The van der Waals surface area contributed by atoms with E-state index in [4.69, 9.17) is 11.5 Å². The predicted octanol–water partition coefficient (Wildman–Crippen LogP) is 1.33. The fourth-order valence-electron chi connectivity index (χ4n) is 2.39. The molecule has 0 unspecified atom stereocenters. The van der Waals surface area contributed by atoms with E-state index in [1.165, 1.54) is 34.0 Å². The minimum atomic E-state index is -0.409. The Kier molecular flexibility index (Phi) is 4.55. The van der Waals surface area contributed by atoms with E-state index in [9.17, 15) is 9.59 Å². The van der Waals surface area contributed by atoms with Crippen LogP contribution in [0.3, 0.4) is 0 Å². The number of hydrogen-bond donors (Lipinski definition) is 2. The molecule has 0 saturated heterocycles. The van der Waals surface area contributed by atoms with Gasteiger partial charge in [-0.15, -0.1) is 11.3 Å². The Bertz CT molecular complexity index is 759. The summed E-state index contributed by atoms with van der Waals surface area (Å²) in [6.07, 6.45) is 3.24. The Hall–Kier alpha value is -1.32. The standard InChI is InChI=1S/C13H14N4O2S3/c14-8(18)4-20-11-10-6-2-1-3-7(6)22-12(10)17-13(16-11)21-5-9(15)19/h1-5H2,(H2,14,18)(H2,15,19). The first-order valence-corrected chi connectivity index (χ1v) is 9.48. The van der Waals surface area contributed by atoms with Crippen molar-refractivity contribution in [3.8, 4) is 0 Å². The molecule has 0 bridgehead atoms. The molecule has 2 aromatic heterocycles. The van der Waals surface area contributed by atoms with E-state index in [1.807, 2.05) is 0 Å². The van der Waals surface area contributed by atoms with Crippen molar-refractivity contribution >= 4 is 56.9 Å². The molecular weight excluding hydrogens is 340 g/mol. The molecule has 1 aliphatic carbocycles. The van der Waals surface area contributed by atoms with E-state index < -0.39 is 5.91 Å². The molecular formula is C13H14N4O2S3. The van der Waals surface area contributed by atoms with E-state index in [0.717, 1.165) is 34.5 Å². The van der Waals surface area contributed by atoms with Crippen LogP contribution in [0.15, 0.2) is 10.2 Å². The maximum Gasteiger partial charge on any atom is 0.227 e. The van der Waals surface area contributed by atoms with Crippen molar-refractivity contribution < 1.29 is 9.59 Å². The highest BCUT2D eigenvalue weighted by molar-refractivity contribution is 8.00. The van der Waals surface area contributed by atoms with Gasteiger partial charge in [0.25, 0.3) is 0 Å². The Morgan fingerprint density at radius 2 is 1.82 bits per heavy atom. The number of carbonyl (C=O) groups is 2. The summed E-state index contributed by atoms with van der Waals surface area (Å²) in [4.78, 5) is 33.3. The zero-order chi connectivity index (χ0) is 15.7. The number of nitrogens with two attached hydrogens (primary N) is 2. The van der Waals surface area contributed by atoms with Crippen LogP contribution in [-0.2, 0) is 22.4 Å². The second kappa shape index (κ2) is 6.43. The smallest absolute Gasteiger partial charge is 0.227 e. The lowest BCUT2D eigenvalue weighted by Gasteiger charge is -2.05. The minimum absolute atomic E-state index is 0.135. The quantitative estimate of drug-likeness (QED) is 0.460. The van der Waals surface area contributed by atoms with Crippen molar-refractivity contribution in [1.29, 1.82) is 0 Å². The summed E-state index contributed by atoms with van der Waals surface area (Å²) < 4.78 is 0. The molecule has 2 heterocycles. The Morgan fingerprint density at radius 3 is 2.55 bits per heavy atom. The number of aromatic nitrogens is 2. The first-order chi connectivity index (χ1) is 10.5. The summed E-state index contributed by atoms with van der Waals surface area (Å²) in [6, 6.07) is 0. The molecule has 0 atom stereocenters. The number of fused-ring (bicyclic) bond motifs is 3. The van der Waals surface area contributed by atoms with E-state index in [1.54, 1.807) is 11.3 Å². The molecule has 2 amide bonds. The second-order valence-corrected chi connectivity index (χ2v) is 7.85. The average Bonchev–Trinajstić information content (AvgIpc) is 3.02. The van der Waals surface area contributed by atoms with Gasteiger partial charge in [-0.25, -0.2) is 9.97 Å². The van der Waals surface area contributed by atoms with Gasteiger partial charge >= 0.3 is 0 Å². The monoisotopic (exact) mass is 354 g/mol. The third-order valence-corrected chi connectivity index (χ3v) is 6.26. The number of aryl methyl sites for hydroxylation is 2. The fourth-order valence-corrected chi connectivity index (χ4v) is 5.21. The minimum Gasteiger partial charge on any atom is -0.369 e. The summed E-state index contributed by atoms with van der Waals surface area (Å²) in [5.74, 6) is -0.476. The number of thioether (sulfide) groups is 2. The van der Waals surface area contributed by atoms with E-state index in [0.29, 0.717) is 5.16 Å². The van der Waals surface area contributed by atoms with Gasteiger partial charge in [0.1, 0.15) is 9.86 Å². The largest absolute Gasteiger partial charge is 0.369 e. The Labute approximate surface area is 139 Å². The lowest BCUT2D eigenvalue weighted by molar-refractivity contribution is -0.116. The number of nitrogens with zero attached hydrogens (tertiary/aromatic N) is 2. The van der Waals surface area contributed by atoms with Crippen LogP contribution in [0.2, 0.25) is 0 Å². The molecule has 0 fully saturated rings. The molecule has 0 saturated carbocycles. The number of amides is 2. The normalized spacial score (nSPS) is 13.5. The van der Waals surface area contributed by atoms with Gasteiger partial charge in [-0.3, -0.25) is 9.59 Å². The number of hydrogen-bond acceptors (Lipinski definition) is 7. The highest BCUT2D eigenvalue weighted by atomic mass is 32.2. The van der Waals surface area contributed by atoms with E-state index in [2.05, 4.69) is 9.97 Å². The highest BCUT2D eigenvalue weighted by Gasteiger charge is 2.23. The molecule has 1 aliphatic rings. The topological polar surface area (TPSA) is 112 Å². The fraction of sp³-hybridized carbons (Fsp3) is 0.385. The van der Waals surface area contributed by atoms with Gasteiger partial charge in [0, 0.05) is 10.3 Å². The number of carbonyl (C=O) groups excluding carboxylic acids is 2. The maximum absolute atomic E-state index is 11.1. The van der Waals surface area contributed by atoms with Crippen LogP contribution < -0.4 is 11.5 Å². The van der Waals surface area contributed by atoms with Crippen LogP contribution in [-0.4, -0.2) is 33.3 Å². The number of rotatable bonds is 6. The molecule has 22 heavy (non-hydrogen) atoms. The van der Waals surface area contributed by atoms with Gasteiger partial charge in [0.2, 0.25) is 11.8 Å². The van der Waals surface area contributed by atoms with Crippen molar-refractivity contribution in [2.75, 3.05) is 11.5 Å². The molecule has 0 aliphatic heterocycles. The zero-order valence-electron chi connectivity index (χ0n) is 11.6. The summed E-state index contributed by atoms with van der Waals surface area (Å²) in [7, 11) is 0. The van der Waals surface area contributed by atoms with Gasteiger partial charge in [-0.1, -0.05) is 23.5 Å². The lowest BCUT2D eigenvalue weighted by atomic mass is 10.2. The summed E-state index contributed by atoms with van der Waals surface area (Å²) in [5.41, 5.74) is 11.7. The molecule has 0 radical (unpaired) electrons. The van der Waals surface area contributed by atoms with Gasteiger partial charge in [-0.05, 0) is 24.8 Å². The van der Waals surface area contributed by atoms with Gasteiger partial charge in [-0.2, -0.15) is 0 Å². The van der Waals surface area contributed by atoms with Crippen molar-refractivity contribution in [3.63, 3.8) is 0 Å². The maximum atomic E-state index is 11.1. The van der Waals surface area contributed by atoms with Crippen molar-refractivity contribution in [1.82, 2.24) is 9.97 Å². The van der Waals surface area contributed by atoms with Crippen molar-refractivity contribution in [2.45, 2.75) is 29.4 Å². The van der Waals surface area contributed by atoms with Crippen LogP contribution in [0.1, 0.15) is 16.9 Å². The van der Waals surface area contributed by atoms with Crippen LogP contribution in [0.4, 0.5) is 0 Å². The molecule has 2 aromatic rings. The number of thiophene rings is 1. The Morgan fingerprint density at radius 1 is 1.09 bits per heavy atom. The third-order valence-electron chi connectivity index (χ3n) is 3.21.